The number of hydrogen-bond acceptors (Lipinski definition) is 13. The Morgan fingerprint density at radius 3 is 1.69 bits per heavy atom. The second-order valence-electron chi connectivity index (χ2n) is 8.28. The van der Waals surface area contributed by atoms with Gasteiger partial charge in [-0.15, -0.1) is 0 Å². The third-order valence-corrected chi connectivity index (χ3v) is 5.71. The Labute approximate surface area is 188 Å². The minimum Gasteiger partial charge on any atom is -0.394 e. The normalized spacial score (nSPS) is 15.6. The number of nitrogens with zero attached hydrogens (tertiary/aromatic N) is 2. The molecule has 0 saturated carbocycles. The molecular formula is C19H42N2O11. The molecule has 32 heavy (non-hydrogen) atoms. The summed E-state index contributed by atoms with van der Waals surface area (Å²) in [5.74, 6) is -2.88. The summed E-state index contributed by atoms with van der Waals surface area (Å²) in [6.07, 6.45) is -1.16. The molecule has 0 bridgehead atoms. The van der Waals surface area contributed by atoms with E-state index in [2.05, 4.69) is 0 Å². The largest absolute Gasteiger partial charge is 0.394 e. The molecule has 194 valence electrons. The monoisotopic (exact) mass is 474 g/mol. The van der Waals surface area contributed by atoms with Crippen molar-refractivity contribution in [1.82, 2.24) is 9.80 Å². The predicted octanol–water partition coefficient (Wildman–Crippen LogP) is -4.27. The maximum atomic E-state index is 10.4. The van der Waals surface area contributed by atoms with Gasteiger partial charge in [0, 0.05) is 13.0 Å². The number of rotatable bonds is 19. The Hall–Kier alpha value is -0.520. The summed E-state index contributed by atoms with van der Waals surface area (Å²) in [6.45, 7) is -2.30. The van der Waals surface area contributed by atoms with Gasteiger partial charge in [0.05, 0.1) is 57.4 Å². The molecule has 0 aliphatic carbocycles. The summed E-state index contributed by atoms with van der Waals surface area (Å²) in [5.41, 5.74) is -3.34. The zero-order chi connectivity index (χ0) is 25.0. The SMILES string of the molecule is CCCC(O)(O)N(CO)C(CO)(CO)COCC(C)CC(O)N(CO)C(CO)(CO)CO. The fraction of sp³-hybridized carbons (Fsp3) is 1.00. The van der Waals surface area contributed by atoms with Crippen LogP contribution in [0.2, 0.25) is 0 Å². The van der Waals surface area contributed by atoms with Gasteiger partial charge < -0.3 is 55.8 Å². The molecule has 13 heteroatoms. The summed E-state index contributed by atoms with van der Waals surface area (Å²) in [6, 6.07) is 0. The molecule has 0 rings (SSSR count). The van der Waals surface area contributed by atoms with E-state index in [1.165, 1.54) is 0 Å². The van der Waals surface area contributed by atoms with Gasteiger partial charge in [0.25, 0.3) is 0 Å². The van der Waals surface area contributed by atoms with E-state index in [-0.39, 0.29) is 32.0 Å². The van der Waals surface area contributed by atoms with Crippen LogP contribution in [0.15, 0.2) is 0 Å². The molecule has 0 fully saturated rings. The van der Waals surface area contributed by atoms with E-state index >= 15 is 0 Å². The molecule has 0 spiro atoms. The van der Waals surface area contributed by atoms with Crippen LogP contribution in [0, 0.1) is 5.92 Å². The van der Waals surface area contributed by atoms with Crippen LogP contribution in [-0.2, 0) is 4.74 Å². The van der Waals surface area contributed by atoms with E-state index in [0.29, 0.717) is 6.42 Å². The molecule has 13 nitrogen and oxygen atoms in total. The summed E-state index contributed by atoms with van der Waals surface area (Å²) >= 11 is 0. The van der Waals surface area contributed by atoms with Crippen molar-refractivity contribution in [2.45, 2.75) is 56.3 Å². The van der Waals surface area contributed by atoms with Crippen molar-refractivity contribution < 1.29 is 55.8 Å². The lowest BCUT2D eigenvalue weighted by Gasteiger charge is -2.46. The molecule has 0 heterocycles. The molecule has 0 saturated heterocycles. The summed E-state index contributed by atoms with van der Waals surface area (Å²) in [4.78, 5) is 1.70. The van der Waals surface area contributed by atoms with Crippen molar-refractivity contribution in [2.75, 3.05) is 59.7 Å². The van der Waals surface area contributed by atoms with Gasteiger partial charge in [0.15, 0.2) is 0 Å². The van der Waals surface area contributed by atoms with E-state index in [0.717, 1.165) is 9.80 Å². The first-order valence-electron chi connectivity index (χ1n) is 10.5. The fourth-order valence-corrected chi connectivity index (χ4v) is 3.49. The zero-order valence-corrected chi connectivity index (χ0v) is 18.9. The third kappa shape index (κ3) is 7.77. The molecule has 0 aromatic heterocycles. The molecule has 0 amide bonds. The van der Waals surface area contributed by atoms with Crippen LogP contribution < -0.4 is 0 Å². The van der Waals surface area contributed by atoms with Crippen LogP contribution in [-0.4, -0.2) is 144 Å². The smallest absolute Gasteiger partial charge is 0.227 e. The highest BCUT2D eigenvalue weighted by atomic mass is 16.5. The van der Waals surface area contributed by atoms with Gasteiger partial charge in [-0.3, -0.25) is 0 Å². The molecule has 0 radical (unpaired) electrons. The van der Waals surface area contributed by atoms with E-state index in [1.54, 1.807) is 13.8 Å². The van der Waals surface area contributed by atoms with Crippen LogP contribution >= 0.6 is 0 Å². The van der Waals surface area contributed by atoms with E-state index in [4.69, 9.17) is 4.74 Å². The first-order chi connectivity index (χ1) is 15.0. The second-order valence-corrected chi connectivity index (χ2v) is 8.28. The fourth-order valence-electron chi connectivity index (χ4n) is 3.49. The first-order valence-corrected chi connectivity index (χ1v) is 10.5. The zero-order valence-electron chi connectivity index (χ0n) is 18.9. The van der Waals surface area contributed by atoms with E-state index < -0.39 is 69.7 Å². The van der Waals surface area contributed by atoms with Crippen molar-refractivity contribution in [2.24, 2.45) is 5.92 Å². The average molecular weight is 475 g/mol. The molecular weight excluding hydrogens is 432 g/mol. The van der Waals surface area contributed by atoms with E-state index in [9.17, 15) is 51.1 Å². The standard InChI is InChI=1S/C19H42N2O11/c1-3-4-19(30,31)21(14-28)18(10-25,11-26)12-32-6-15(2)5-16(29)20(13-27)17(7-22,8-23)9-24/h15-16,22-31H,3-14H2,1-2H3. The Bertz CT molecular complexity index is 482. The van der Waals surface area contributed by atoms with Gasteiger partial charge in [-0.25, -0.2) is 9.80 Å². The summed E-state index contributed by atoms with van der Waals surface area (Å²) in [5, 5.41) is 98.3. The maximum absolute atomic E-state index is 10.4. The predicted molar refractivity (Wildman–Crippen MR) is 111 cm³/mol. The Balaban J connectivity index is 5.17. The highest BCUT2D eigenvalue weighted by Crippen LogP contribution is 2.26. The highest BCUT2D eigenvalue weighted by molar-refractivity contribution is 4.93. The van der Waals surface area contributed by atoms with Gasteiger partial charge in [-0.05, 0) is 18.8 Å². The minimum atomic E-state index is -2.50. The average Bonchev–Trinajstić information content (AvgIpc) is 2.76. The van der Waals surface area contributed by atoms with Gasteiger partial charge >= 0.3 is 0 Å². The van der Waals surface area contributed by atoms with Gasteiger partial charge in [-0.2, -0.15) is 0 Å². The number of aliphatic hydroxyl groups excluding tert-OH is 8. The lowest BCUT2D eigenvalue weighted by atomic mass is 9.97. The lowest BCUT2D eigenvalue weighted by Crippen LogP contribution is -2.66. The third-order valence-electron chi connectivity index (χ3n) is 5.71. The van der Waals surface area contributed by atoms with Gasteiger partial charge in [-0.1, -0.05) is 13.8 Å². The van der Waals surface area contributed by atoms with Crippen molar-refractivity contribution in [3.63, 3.8) is 0 Å². The first kappa shape index (κ1) is 31.5. The van der Waals surface area contributed by atoms with Crippen LogP contribution in [0.3, 0.4) is 0 Å². The second kappa shape index (κ2) is 14.7. The molecule has 0 aromatic carbocycles. The van der Waals surface area contributed by atoms with Crippen molar-refractivity contribution >= 4 is 0 Å². The lowest BCUT2D eigenvalue weighted by molar-refractivity contribution is -0.322. The van der Waals surface area contributed by atoms with Crippen LogP contribution in [0.1, 0.15) is 33.1 Å². The number of ether oxygens (including phenoxy) is 1. The summed E-state index contributed by atoms with van der Waals surface area (Å²) < 4.78 is 5.54. The van der Waals surface area contributed by atoms with Crippen LogP contribution in [0.4, 0.5) is 0 Å². The Morgan fingerprint density at radius 2 is 1.31 bits per heavy atom. The minimum absolute atomic E-state index is 0.00293. The van der Waals surface area contributed by atoms with Crippen LogP contribution in [0.25, 0.3) is 0 Å². The Morgan fingerprint density at radius 1 is 0.812 bits per heavy atom. The van der Waals surface area contributed by atoms with Crippen molar-refractivity contribution in [3.8, 4) is 0 Å². The molecule has 0 aliphatic heterocycles. The van der Waals surface area contributed by atoms with E-state index in [1.807, 2.05) is 0 Å². The Kier molecular flexibility index (Phi) is 14.4. The molecule has 2 unspecified atom stereocenters. The topological polar surface area (TPSA) is 218 Å². The molecule has 0 aliphatic rings. The molecule has 2 atom stereocenters. The van der Waals surface area contributed by atoms with Crippen molar-refractivity contribution in [1.29, 1.82) is 0 Å². The molecule has 0 aromatic rings. The summed E-state index contributed by atoms with van der Waals surface area (Å²) in [7, 11) is 0. The van der Waals surface area contributed by atoms with Crippen molar-refractivity contribution in [3.05, 3.63) is 0 Å². The number of hydrogen-bond donors (Lipinski definition) is 10. The maximum Gasteiger partial charge on any atom is 0.227 e. The quantitative estimate of drug-likeness (QED) is 0.0803. The number of aliphatic hydroxyl groups is 10. The highest BCUT2D eigenvalue weighted by Gasteiger charge is 2.46. The van der Waals surface area contributed by atoms with Gasteiger partial charge in [0.1, 0.15) is 13.0 Å². The molecule has 10 N–H and O–H groups in total. The van der Waals surface area contributed by atoms with Gasteiger partial charge in [0.2, 0.25) is 5.91 Å². The van der Waals surface area contributed by atoms with Crippen LogP contribution in [0.5, 0.6) is 0 Å².